The molecule has 9 heteroatoms. The summed E-state index contributed by atoms with van der Waals surface area (Å²) < 4.78 is 55.9. The average Bonchev–Trinajstić information content (AvgIpc) is 2.70. The third-order valence-corrected chi connectivity index (χ3v) is 4.60. The van der Waals surface area contributed by atoms with Crippen LogP contribution in [0.25, 0.3) is 0 Å². The molecule has 1 heterocycles. The Morgan fingerprint density at radius 1 is 1.33 bits per heavy atom. The highest BCUT2D eigenvalue weighted by Crippen LogP contribution is 2.37. The maximum atomic E-state index is 13.3. The van der Waals surface area contributed by atoms with Crippen molar-refractivity contribution in [1.82, 2.24) is 4.98 Å². The first kappa shape index (κ1) is 23.6. The molecular weight excluding hydrogens is 404 g/mol. The fraction of sp³-hybridized carbons (Fsp3) is 0.429. The minimum absolute atomic E-state index is 0.0285. The number of nitrogens with zero attached hydrogens (tertiary/aromatic N) is 1. The molecule has 2 N–H and O–H groups in total. The van der Waals surface area contributed by atoms with Gasteiger partial charge in [0.05, 0.1) is 7.11 Å². The predicted molar refractivity (Wildman–Crippen MR) is 103 cm³/mol. The summed E-state index contributed by atoms with van der Waals surface area (Å²) in [6.45, 7) is -0.0285. The summed E-state index contributed by atoms with van der Waals surface area (Å²) >= 11 is 0. The van der Waals surface area contributed by atoms with Crippen LogP contribution < -0.4 is 10.1 Å². The lowest BCUT2D eigenvalue weighted by molar-refractivity contribution is -0.127. The molecule has 30 heavy (non-hydrogen) atoms. The van der Waals surface area contributed by atoms with E-state index in [9.17, 15) is 22.4 Å². The number of aromatic nitrogens is 1. The molecule has 0 spiro atoms. The van der Waals surface area contributed by atoms with E-state index in [-0.39, 0.29) is 31.1 Å². The predicted octanol–water partition coefficient (Wildman–Crippen LogP) is 4.35. The van der Waals surface area contributed by atoms with Crippen molar-refractivity contribution in [2.45, 2.75) is 38.0 Å². The number of methoxy groups -OCH3 is 1. The molecule has 0 saturated heterocycles. The molecule has 1 fully saturated rings. The summed E-state index contributed by atoms with van der Waals surface area (Å²) in [6, 6.07) is 7.04. The quantitative estimate of drug-likeness (QED) is 0.695. The Morgan fingerprint density at radius 2 is 2.10 bits per heavy atom. The van der Waals surface area contributed by atoms with Gasteiger partial charge in [0.1, 0.15) is 0 Å². The molecule has 5 nitrogen and oxygen atoms in total. The molecule has 0 radical (unpaired) electrons. The summed E-state index contributed by atoms with van der Waals surface area (Å²) in [4.78, 5) is 16.1. The third-order valence-electron chi connectivity index (χ3n) is 4.60. The van der Waals surface area contributed by atoms with Gasteiger partial charge >= 0.3 is 0 Å². The van der Waals surface area contributed by atoms with Crippen LogP contribution in [-0.4, -0.2) is 35.6 Å². The molecule has 1 atom stereocenters. The number of aliphatic hydroxyl groups excluding tert-OH is 1. The molecule has 0 aliphatic heterocycles. The molecule has 1 aliphatic carbocycles. The summed E-state index contributed by atoms with van der Waals surface area (Å²) in [7, 11) is 1.29. The van der Waals surface area contributed by atoms with Crippen LogP contribution in [0.1, 0.15) is 31.4 Å². The first-order chi connectivity index (χ1) is 14.3. The number of anilines is 1. The van der Waals surface area contributed by atoms with Crippen molar-refractivity contribution in [1.29, 1.82) is 0 Å². The van der Waals surface area contributed by atoms with Gasteiger partial charge in [0.2, 0.25) is 17.6 Å². The van der Waals surface area contributed by atoms with Crippen LogP contribution >= 0.6 is 0 Å². The first-order valence-electron chi connectivity index (χ1n) is 9.48. The van der Waals surface area contributed by atoms with Gasteiger partial charge in [-0.15, -0.1) is 0 Å². The number of alkyl halides is 2. The Labute approximate surface area is 172 Å². The smallest absolute Gasteiger partial charge is 0.248 e. The molecule has 1 aromatic heterocycles. The molecule has 1 amide bonds. The number of hydrogen-bond acceptors (Lipinski definition) is 4. The van der Waals surface area contributed by atoms with E-state index in [0.29, 0.717) is 30.6 Å². The van der Waals surface area contributed by atoms with E-state index in [1.807, 2.05) is 0 Å². The average molecular weight is 428 g/mol. The van der Waals surface area contributed by atoms with Crippen molar-refractivity contribution in [3.05, 3.63) is 53.9 Å². The van der Waals surface area contributed by atoms with Crippen LogP contribution in [0.4, 0.5) is 23.2 Å². The van der Waals surface area contributed by atoms with Crippen molar-refractivity contribution in [2.24, 2.45) is 5.92 Å². The zero-order valence-corrected chi connectivity index (χ0v) is 16.5. The molecule has 1 aromatic carbocycles. The minimum atomic E-state index is -2.74. The number of benzene rings is 1. The Hall–Kier alpha value is -2.68. The van der Waals surface area contributed by atoms with E-state index < -0.39 is 23.5 Å². The molecule has 2 aromatic rings. The summed E-state index contributed by atoms with van der Waals surface area (Å²) in [6.07, 6.45) is 2.27. The number of halogens is 4. The Kier molecular flexibility index (Phi) is 8.58. The van der Waals surface area contributed by atoms with Crippen LogP contribution in [-0.2, 0) is 11.2 Å². The fourth-order valence-corrected chi connectivity index (χ4v) is 3.09. The van der Waals surface area contributed by atoms with E-state index in [0.717, 1.165) is 6.07 Å². The van der Waals surface area contributed by atoms with Crippen molar-refractivity contribution in [2.75, 3.05) is 19.0 Å². The van der Waals surface area contributed by atoms with Gasteiger partial charge in [-0.1, -0.05) is 6.07 Å². The maximum absolute atomic E-state index is 13.3. The van der Waals surface area contributed by atoms with Gasteiger partial charge in [-0.05, 0) is 37.1 Å². The summed E-state index contributed by atoms with van der Waals surface area (Å²) in [5, 5.41) is 11.5. The van der Waals surface area contributed by atoms with Gasteiger partial charge in [-0.3, -0.25) is 9.78 Å². The van der Waals surface area contributed by atoms with Crippen LogP contribution in [0.15, 0.2) is 36.5 Å². The molecule has 1 unspecified atom stereocenters. The van der Waals surface area contributed by atoms with E-state index in [2.05, 4.69) is 15.0 Å². The summed E-state index contributed by atoms with van der Waals surface area (Å²) in [5.74, 6) is -5.65. The topological polar surface area (TPSA) is 71.5 Å². The number of hydrogen-bond donors (Lipinski definition) is 2. The van der Waals surface area contributed by atoms with Gasteiger partial charge < -0.3 is 15.2 Å². The molecule has 3 rings (SSSR count). The lowest BCUT2D eigenvalue weighted by Gasteiger charge is -2.28. The van der Waals surface area contributed by atoms with Crippen LogP contribution in [0.3, 0.4) is 0 Å². The highest BCUT2D eigenvalue weighted by molar-refractivity contribution is 5.92. The van der Waals surface area contributed by atoms with Crippen molar-refractivity contribution in [3.63, 3.8) is 0 Å². The lowest BCUT2D eigenvalue weighted by atomic mass is 9.86. The number of pyridine rings is 1. The molecule has 0 bridgehead atoms. The first-order valence-corrected chi connectivity index (χ1v) is 9.48. The van der Waals surface area contributed by atoms with Gasteiger partial charge in [0.15, 0.2) is 11.6 Å². The number of nitrogens with one attached hydrogen (secondary N) is 1. The number of ether oxygens (including phenoxy) is 1. The fourth-order valence-electron chi connectivity index (χ4n) is 3.09. The van der Waals surface area contributed by atoms with Gasteiger partial charge in [-0.25, -0.2) is 13.2 Å². The largest absolute Gasteiger partial charge is 0.494 e. The molecule has 1 saturated carbocycles. The van der Waals surface area contributed by atoms with Crippen molar-refractivity contribution < 1.29 is 32.2 Å². The number of amides is 1. The van der Waals surface area contributed by atoms with E-state index in [1.54, 1.807) is 12.1 Å². The third kappa shape index (κ3) is 6.98. The number of carbonyl (C=O) groups excluding carboxylic acids is 1. The second-order valence-electron chi connectivity index (χ2n) is 6.90. The van der Waals surface area contributed by atoms with Gasteiger partial charge in [0, 0.05) is 49.4 Å². The van der Waals surface area contributed by atoms with Crippen LogP contribution in [0.2, 0.25) is 0 Å². The summed E-state index contributed by atoms with van der Waals surface area (Å²) in [5.41, 5.74) is 1.18. The Bertz CT molecular complexity index is 849. The zero-order valence-electron chi connectivity index (χ0n) is 16.5. The standard InChI is InChI=1S/C14H18F2N2O2.C7H6F2O/c15-14(16)5-1-2-10(9-14)13(20)18-12-3-6-17-11(8-12)4-7-19;1-10-6-4-2-3-5(8)7(6)9/h3,6,8,10,19H,1-2,4-5,7,9H2,(H,17,18,20);2-4H,1H3. The van der Waals surface area contributed by atoms with Crippen LogP contribution in [0.5, 0.6) is 5.75 Å². The highest BCUT2D eigenvalue weighted by atomic mass is 19.3. The Morgan fingerprint density at radius 3 is 2.73 bits per heavy atom. The van der Waals surface area contributed by atoms with Crippen molar-refractivity contribution >= 4 is 11.6 Å². The SMILES string of the molecule is COc1cccc(F)c1F.O=C(Nc1ccnc(CCO)c1)C1CCCC(F)(F)C1. The normalized spacial score (nSPS) is 17.5. The zero-order chi connectivity index (χ0) is 22.1. The van der Waals surface area contributed by atoms with Gasteiger partial charge in [0.25, 0.3) is 0 Å². The number of carbonyl (C=O) groups is 1. The second kappa shape index (κ2) is 10.9. The Balaban J connectivity index is 0.000000269. The highest BCUT2D eigenvalue weighted by Gasteiger charge is 2.39. The van der Waals surface area contributed by atoms with E-state index >= 15 is 0 Å². The van der Waals surface area contributed by atoms with E-state index in [1.165, 1.54) is 25.4 Å². The van der Waals surface area contributed by atoms with Crippen molar-refractivity contribution in [3.8, 4) is 5.75 Å². The monoisotopic (exact) mass is 428 g/mol. The van der Waals surface area contributed by atoms with Gasteiger partial charge in [-0.2, -0.15) is 4.39 Å². The number of aliphatic hydroxyl groups is 1. The number of rotatable bonds is 5. The molecule has 1 aliphatic rings. The maximum Gasteiger partial charge on any atom is 0.248 e. The van der Waals surface area contributed by atoms with E-state index in [4.69, 9.17) is 5.11 Å². The van der Waals surface area contributed by atoms with Crippen LogP contribution in [0, 0.1) is 17.6 Å². The second-order valence-corrected chi connectivity index (χ2v) is 6.90. The lowest BCUT2D eigenvalue weighted by Crippen LogP contribution is -2.33. The minimum Gasteiger partial charge on any atom is -0.494 e. The molecule has 164 valence electrons. The molecular formula is C21H24F4N2O3.